The number of anilines is 1. The molecular formula is C14H13N3O5S. The number of nitro groups is 1. The van der Waals surface area contributed by atoms with E-state index in [1.165, 1.54) is 23.5 Å². The topological polar surface area (TPSA) is 122 Å². The van der Waals surface area contributed by atoms with Crippen LogP contribution in [0.3, 0.4) is 0 Å². The molecule has 1 heterocycles. The first-order valence-corrected chi connectivity index (χ1v) is 7.42. The second-order valence-electron chi connectivity index (χ2n) is 4.67. The van der Waals surface area contributed by atoms with Crippen LogP contribution in [0.25, 0.3) is 11.3 Å². The van der Waals surface area contributed by atoms with Crippen molar-refractivity contribution < 1.29 is 19.6 Å². The fourth-order valence-electron chi connectivity index (χ4n) is 1.86. The van der Waals surface area contributed by atoms with Gasteiger partial charge in [-0.3, -0.25) is 19.7 Å². The van der Waals surface area contributed by atoms with Gasteiger partial charge in [-0.25, -0.2) is 4.98 Å². The molecule has 8 nitrogen and oxygen atoms in total. The number of carboxylic acid groups (broad SMARTS) is 1. The monoisotopic (exact) mass is 335 g/mol. The number of nitro benzene ring substituents is 1. The Kier molecular flexibility index (Phi) is 5.02. The third-order valence-corrected chi connectivity index (χ3v) is 3.85. The summed E-state index contributed by atoms with van der Waals surface area (Å²) in [5.74, 6) is -1.46. The Morgan fingerprint density at radius 3 is 2.52 bits per heavy atom. The molecule has 0 spiro atoms. The molecule has 0 unspecified atom stereocenters. The molecule has 120 valence electrons. The minimum absolute atomic E-state index is 0.0103. The van der Waals surface area contributed by atoms with Crippen LogP contribution in [0, 0.1) is 17.0 Å². The molecule has 1 amide bonds. The van der Waals surface area contributed by atoms with Crippen molar-refractivity contribution in [3.05, 3.63) is 39.3 Å². The van der Waals surface area contributed by atoms with Gasteiger partial charge in [0.25, 0.3) is 5.69 Å². The van der Waals surface area contributed by atoms with Crippen molar-refractivity contribution in [2.75, 3.05) is 5.32 Å². The summed E-state index contributed by atoms with van der Waals surface area (Å²) in [6, 6.07) is 5.96. The molecule has 0 atom stereocenters. The fourth-order valence-corrected chi connectivity index (χ4v) is 2.71. The second kappa shape index (κ2) is 6.97. The molecule has 2 N–H and O–H groups in total. The molecule has 23 heavy (non-hydrogen) atoms. The van der Waals surface area contributed by atoms with E-state index in [0.29, 0.717) is 16.4 Å². The molecule has 0 fully saturated rings. The Morgan fingerprint density at radius 1 is 1.30 bits per heavy atom. The largest absolute Gasteiger partial charge is 0.481 e. The van der Waals surface area contributed by atoms with Gasteiger partial charge >= 0.3 is 5.97 Å². The standard InChI is InChI=1S/C14H13N3O5S/c1-8-13(9-2-4-10(5-3-9)17(21)22)16-14(23-8)15-11(18)6-7-12(19)20/h2-5H,6-7H2,1H3,(H,19,20)(H,15,16,18). The number of hydrogen-bond acceptors (Lipinski definition) is 6. The predicted octanol–water partition coefficient (Wildman–Crippen LogP) is 2.83. The number of thiazole rings is 1. The first kappa shape index (κ1) is 16.6. The normalized spacial score (nSPS) is 10.3. The number of amides is 1. The van der Waals surface area contributed by atoms with Gasteiger partial charge in [0, 0.05) is 29.0 Å². The number of carboxylic acids is 1. The fraction of sp³-hybridized carbons (Fsp3) is 0.214. The minimum atomic E-state index is -1.04. The molecule has 0 aliphatic heterocycles. The maximum atomic E-state index is 11.6. The number of hydrogen-bond donors (Lipinski definition) is 2. The zero-order valence-corrected chi connectivity index (χ0v) is 12.9. The molecule has 0 saturated heterocycles. The number of carbonyl (C=O) groups excluding carboxylic acids is 1. The number of rotatable bonds is 6. The molecule has 9 heteroatoms. The van der Waals surface area contributed by atoms with Gasteiger partial charge in [0.15, 0.2) is 5.13 Å². The third kappa shape index (κ3) is 4.33. The van der Waals surface area contributed by atoms with Crippen molar-refractivity contribution >= 4 is 34.0 Å². The first-order chi connectivity index (χ1) is 10.9. The molecule has 1 aromatic carbocycles. The Labute approximate surface area is 134 Å². The van der Waals surface area contributed by atoms with E-state index in [0.717, 1.165) is 4.88 Å². The Bertz CT molecular complexity index is 754. The number of non-ortho nitro benzene ring substituents is 1. The van der Waals surface area contributed by atoms with Crippen molar-refractivity contribution in [1.82, 2.24) is 4.98 Å². The lowest BCUT2D eigenvalue weighted by atomic mass is 10.1. The molecule has 0 saturated carbocycles. The van der Waals surface area contributed by atoms with Gasteiger partial charge in [-0.15, -0.1) is 11.3 Å². The van der Waals surface area contributed by atoms with Gasteiger partial charge in [-0.1, -0.05) is 0 Å². The van der Waals surface area contributed by atoms with Crippen LogP contribution >= 0.6 is 11.3 Å². The van der Waals surface area contributed by atoms with E-state index >= 15 is 0 Å². The molecule has 0 aliphatic carbocycles. The number of carbonyl (C=O) groups is 2. The van der Waals surface area contributed by atoms with E-state index in [9.17, 15) is 19.7 Å². The molecule has 0 aliphatic rings. The van der Waals surface area contributed by atoms with Crippen LogP contribution < -0.4 is 5.32 Å². The van der Waals surface area contributed by atoms with Crippen molar-refractivity contribution in [2.24, 2.45) is 0 Å². The smallest absolute Gasteiger partial charge is 0.303 e. The van der Waals surface area contributed by atoms with Gasteiger partial charge in [-0.05, 0) is 19.1 Å². The van der Waals surface area contributed by atoms with Crippen LogP contribution in [0.15, 0.2) is 24.3 Å². The van der Waals surface area contributed by atoms with E-state index in [1.807, 2.05) is 6.92 Å². The molecule has 2 aromatic rings. The summed E-state index contributed by atoms with van der Waals surface area (Å²) in [4.78, 5) is 37.3. The summed E-state index contributed by atoms with van der Waals surface area (Å²) in [7, 11) is 0. The van der Waals surface area contributed by atoms with Crippen LogP contribution in [0.4, 0.5) is 10.8 Å². The number of aromatic nitrogens is 1. The van der Waals surface area contributed by atoms with Gasteiger partial charge in [0.05, 0.1) is 17.0 Å². The van der Waals surface area contributed by atoms with Crippen LogP contribution in [-0.4, -0.2) is 26.9 Å². The second-order valence-corrected chi connectivity index (χ2v) is 5.87. The summed E-state index contributed by atoms with van der Waals surface area (Å²) in [5.41, 5.74) is 1.32. The highest BCUT2D eigenvalue weighted by molar-refractivity contribution is 7.16. The van der Waals surface area contributed by atoms with Crippen molar-refractivity contribution in [1.29, 1.82) is 0 Å². The highest BCUT2D eigenvalue weighted by Crippen LogP contribution is 2.31. The Balaban J connectivity index is 2.13. The molecular weight excluding hydrogens is 322 g/mol. The highest BCUT2D eigenvalue weighted by Gasteiger charge is 2.14. The molecule has 0 radical (unpaired) electrons. The summed E-state index contributed by atoms with van der Waals surface area (Å²) in [6.45, 7) is 1.82. The summed E-state index contributed by atoms with van der Waals surface area (Å²) < 4.78 is 0. The van der Waals surface area contributed by atoms with E-state index in [1.54, 1.807) is 12.1 Å². The number of aliphatic carboxylic acids is 1. The average Bonchev–Trinajstić information content (AvgIpc) is 2.85. The molecule has 0 bridgehead atoms. The van der Waals surface area contributed by atoms with E-state index in [2.05, 4.69) is 10.3 Å². The predicted molar refractivity (Wildman–Crippen MR) is 84.4 cm³/mol. The quantitative estimate of drug-likeness (QED) is 0.618. The SMILES string of the molecule is Cc1sc(NC(=O)CCC(=O)O)nc1-c1ccc([N+](=O)[O-])cc1. The zero-order chi connectivity index (χ0) is 17.0. The van der Waals surface area contributed by atoms with Crippen LogP contribution in [0.2, 0.25) is 0 Å². The summed E-state index contributed by atoms with van der Waals surface area (Å²) >= 11 is 1.26. The number of aryl methyl sites for hydroxylation is 1. The molecule has 1 aromatic heterocycles. The number of benzene rings is 1. The van der Waals surface area contributed by atoms with Crippen LogP contribution in [-0.2, 0) is 9.59 Å². The van der Waals surface area contributed by atoms with E-state index in [-0.39, 0.29) is 18.5 Å². The zero-order valence-electron chi connectivity index (χ0n) is 12.1. The van der Waals surface area contributed by atoms with Crippen molar-refractivity contribution in [3.63, 3.8) is 0 Å². The first-order valence-electron chi connectivity index (χ1n) is 6.60. The van der Waals surface area contributed by atoms with Crippen LogP contribution in [0.5, 0.6) is 0 Å². The maximum Gasteiger partial charge on any atom is 0.303 e. The third-order valence-electron chi connectivity index (χ3n) is 2.96. The van der Waals surface area contributed by atoms with Gasteiger partial charge in [0.2, 0.25) is 5.91 Å². The average molecular weight is 335 g/mol. The summed E-state index contributed by atoms with van der Waals surface area (Å²) in [5, 5.41) is 22.1. The molecule has 2 rings (SSSR count). The van der Waals surface area contributed by atoms with Gasteiger partial charge in [0.1, 0.15) is 0 Å². The lowest BCUT2D eigenvalue weighted by Gasteiger charge is -1.99. The lowest BCUT2D eigenvalue weighted by Crippen LogP contribution is -2.12. The van der Waals surface area contributed by atoms with Crippen molar-refractivity contribution in [2.45, 2.75) is 19.8 Å². The number of nitrogens with one attached hydrogen (secondary N) is 1. The lowest BCUT2D eigenvalue weighted by molar-refractivity contribution is -0.384. The van der Waals surface area contributed by atoms with E-state index < -0.39 is 16.8 Å². The Morgan fingerprint density at radius 2 is 1.96 bits per heavy atom. The van der Waals surface area contributed by atoms with E-state index in [4.69, 9.17) is 5.11 Å². The van der Waals surface area contributed by atoms with Crippen molar-refractivity contribution in [3.8, 4) is 11.3 Å². The van der Waals surface area contributed by atoms with Gasteiger partial charge < -0.3 is 10.4 Å². The number of nitrogens with zero attached hydrogens (tertiary/aromatic N) is 2. The minimum Gasteiger partial charge on any atom is -0.481 e. The van der Waals surface area contributed by atoms with Crippen LogP contribution in [0.1, 0.15) is 17.7 Å². The maximum absolute atomic E-state index is 11.6. The van der Waals surface area contributed by atoms with Gasteiger partial charge in [-0.2, -0.15) is 0 Å². The summed E-state index contributed by atoms with van der Waals surface area (Å²) in [6.07, 6.45) is -0.369. The Hall–Kier alpha value is -2.81. The highest BCUT2D eigenvalue weighted by atomic mass is 32.1.